The van der Waals surface area contributed by atoms with E-state index in [4.69, 9.17) is 5.11 Å². The normalized spacial score (nSPS) is 11.7. The van der Waals surface area contributed by atoms with Crippen LogP contribution in [0.4, 0.5) is 11.4 Å². The molecule has 162 valence electrons. The van der Waals surface area contributed by atoms with Crippen molar-refractivity contribution in [1.29, 1.82) is 0 Å². The van der Waals surface area contributed by atoms with E-state index in [9.17, 15) is 14.4 Å². The summed E-state index contributed by atoms with van der Waals surface area (Å²) in [5.41, 5.74) is 2.25. The largest absolute Gasteiger partial charge is 0.478 e. The molecule has 6 nitrogen and oxygen atoms in total. The van der Waals surface area contributed by atoms with E-state index in [1.54, 1.807) is 31.2 Å². The molecule has 0 aromatic heterocycles. The number of carboxylic acids is 1. The van der Waals surface area contributed by atoms with Crippen LogP contribution in [0.5, 0.6) is 0 Å². The summed E-state index contributed by atoms with van der Waals surface area (Å²) in [6, 6.07) is 22.8. The maximum atomic E-state index is 12.5. The van der Waals surface area contributed by atoms with Crippen molar-refractivity contribution >= 4 is 47.0 Å². The first-order valence-electron chi connectivity index (χ1n) is 9.86. The van der Waals surface area contributed by atoms with E-state index in [1.807, 2.05) is 48.5 Å². The van der Waals surface area contributed by atoms with Crippen molar-refractivity contribution in [2.75, 3.05) is 10.6 Å². The summed E-state index contributed by atoms with van der Waals surface area (Å²) in [5.74, 6) is -1.47. The van der Waals surface area contributed by atoms with E-state index in [2.05, 4.69) is 10.6 Å². The second-order valence-electron chi connectivity index (χ2n) is 6.89. The lowest BCUT2D eigenvalue weighted by atomic mass is 10.2. The van der Waals surface area contributed by atoms with Crippen LogP contribution >= 0.6 is 11.8 Å². The molecule has 7 heteroatoms. The number of rotatable bonds is 8. The quantitative estimate of drug-likeness (QED) is 0.328. The Kier molecular flexibility index (Phi) is 7.83. The average Bonchev–Trinajstić information content (AvgIpc) is 2.79. The molecule has 1 unspecified atom stereocenters. The third kappa shape index (κ3) is 6.85. The number of aromatic carboxylic acids is 1. The molecule has 0 heterocycles. The van der Waals surface area contributed by atoms with Gasteiger partial charge in [0.1, 0.15) is 0 Å². The Morgan fingerprint density at radius 3 is 2.28 bits per heavy atom. The summed E-state index contributed by atoms with van der Waals surface area (Å²) in [5, 5.41) is 14.1. The lowest BCUT2D eigenvalue weighted by Crippen LogP contribution is -2.22. The van der Waals surface area contributed by atoms with Gasteiger partial charge in [-0.1, -0.05) is 36.4 Å². The summed E-state index contributed by atoms with van der Waals surface area (Å²) in [7, 11) is 0. The van der Waals surface area contributed by atoms with Gasteiger partial charge in [0.15, 0.2) is 0 Å². The van der Waals surface area contributed by atoms with E-state index >= 15 is 0 Å². The van der Waals surface area contributed by atoms with E-state index < -0.39 is 11.2 Å². The number of carbonyl (C=O) groups excluding carboxylic acids is 2. The number of carboxylic acid groups (broad SMARTS) is 1. The maximum Gasteiger partial charge on any atom is 0.335 e. The minimum atomic E-state index is -1.02. The van der Waals surface area contributed by atoms with Gasteiger partial charge in [0.25, 0.3) is 0 Å². The summed E-state index contributed by atoms with van der Waals surface area (Å²) in [4.78, 5) is 36.4. The first-order chi connectivity index (χ1) is 15.4. The topological polar surface area (TPSA) is 95.5 Å². The molecule has 0 fully saturated rings. The molecule has 3 N–H and O–H groups in total. The molecule has 0 aliphatic rings. The summed E-state index contributed by atoms with van der Waals surface area (Å²) in [6.45, 7) is 1.78. The maximum absolute atomic E-state index is 12.5. The smallest absolute Gasteiger partial charge is 0.335 e. The van der Waals surface area contributed by atoms with Crippen LogP contribution in [0.15, 0.2) is 89.8 Å². The highest BCUT2D eigenvalue weighted by atomic mass is 32.2. The van der Waals surface area contributed by atoms with Crippen LogP contribution in [0.2, 0.25) is 0 Å². The molecule has 0 saturated carbocycles. The molecular weight excluding hydrogens is 424 g/mol. The fourth-order valence-electron chi connectivity index (χ4n) is 2.76. The predicted molar refractivity (Wildman–Crippen MR) is 128 cm³/mol. The molecule has 3 aromatic rings. The highest BCUT2D eigenvalue weighted by molar-refractivity contribution is 8.00. The molecule has 3 rings (SSSR count). The minimum absolute atomic E-state index is 0.155. The highest BCUT2D eigenvalue weighted by Gasteiger charge is 2.15. The van der Waals surface area contributed by atoms with Crippen LogP contribution < -0.4 is 10.6 Å². The summed E-state index contributed by atoms with van der Waals surface area (Å²) < 4.78 is 0. The van der Waals surface area contributed by atoms with Gasteiger partial charge in [0, 0.05) is 22.3 Å². The molecule has 0 bridgehead atoms. The molecule has 2 amide bonds. The Labute approximate surface area is 190 Å². The Morgan fingerprint density at radius 1 is 0.875 bits per heavy atom. The number of hydrogen-bond donors (Lipinski definition) is 3. The van der Waals surface area contributed by atoms with E-state index in [1.165, 1.54) is 30.0 Å². The van der Waals surface area contributed by atoms with Crippen LogP contribution in [0.25, 0.3) is 6.08 Å². The lowest BCUT2D eigenvalue weighted by molar-refractivity contribution is -0.115. The zero-order chi connectivity index (χ0) is 22.9. The summed E-state index contributed by atoms with van der Waals surface area (Å²) >= 11 is 1.35. The fourth-order valence-corrected chi connectivity index (χ4v) is 3.69. The number of thioether (sulfide) groups is 1. The number of benzene rings is 3. The number of carbonyl (C=O) groups is 3. The van der Waals surface area contributed by atoms with Gasteiger partial charge in [-0.2, -0.15) is 0 Å². The fraction of sp³-hybridized carbons (Fsp3) is 0.0800. The SMILES string of the molecule is CC(Sc1cccc(NC(=O)/C=C/c2ccccc2)c1)C(=O)Nc1ccc(C(=O)O)cc1. The zero-order valence-electron chi connectivity index (χ0n) is 17.3. The first kappa shape index (κ1) is 22.8. The minimum Gasteiger partial charge on any atom is -0.478 e. The molecule has 0 saturated heterocycles. The van der Waals surface area contributed by atoms with Crippen LogP contribution in [0, 0.1) is 0 Å². The zero-order valence-corrected chi connectivity index (χ0v) is 18.1. The van der Waals surface area contributed by atoms with Crippen molar-refractivity contribution in [3.63, 3.8) is 0 Å². The molecule has 32 heavy (non-hydrogen) atoms. The molecule has 1 atom stereocenters. The Bertz CT molecular complexity index is 1130. The van der Waals surface area contributed by atoms with E-state index in [0.717, 1.165) is 10.5 Å². The first-order valence-corrected chi connectivity index (χ1v) is 10.7. The number of anilines is 2. The Hall–Kier alpha value is -3.84. The van der Waals surface area contributed by atoms with Crippen molar-refractivity contribution < 1.29 is 19.5 Å². The van der Waals surface area contributed by atoms with E-state index in [-0.39, 0.29) is 17.4 Å². The Morgan fingerprint density at radius 2 is 1.59 bits per heavy atom. The Balaban J connectivity index is 1.56. The summed E-state index contributed by atoms with van der Waals surface area (Å²) in [6.07, 6.45) is 3.21. The second-order valence-corrected chi connectivity index (χ2v) is 8.31. The number of amides is 2. The highest BCUT2D eigenvalue weighted by Crippen LogP contribution is 2.26. The van der Waals surface area contributed by atoms with Crippen molar-refractivity contribution in [2.24, 2.45) is 0 Å². The van der Waals surface area contributed by atoms with Gasteiger partial charge in [-0.3, -0.25) is 9.59 Å². The van der Waals surface area contributed by atoms with E-state index in [0.29, 0.717) is 11.4 Å². The third-order valence-corrected chi connectivity index (χ3v) is 5.50. The van der Waals surface area contributed by atoms with Crippen LogP contribution in [-0.4, -0.2) is 28.1 Å². The molecule has 0 aliphatic heterocycles. The lowest BCUT2D eigenvalue weighted by Gasteiger charge is -2.13. The molecule has 3 aromatic carbocycles. The standard InChI is InChI=1S/C25H22N2O4S/c1-17(24(29)27-20-13-11-19(12-14-20)25(30)31)32-22-9-5-8-21(16-22)26-23(28)15-10-18-6-3-2-4-7-18/h2-17H,1H3,(H,26,28)(H,27,29)(H,30,31)/b15-10+. The molecular formula is C25H22N2O4S. The van der Waals surface area contributed by atoms with Crippen molar-refractivity contribution in [2.45, 2.75) is 17.1 Å². The second kappa shape index (κ2) is 11.0. The molecule has 0 aliphatic carbocycles. The van der Waals surface area contributed by atoms with Gasteiger partial charge >= 0.3 is 5.97 Å². The van der Waals surface area contributed by atoms with Gasteiger partial charge in [-0.15, -0.1) is 11.8 Å². The third-order valence-electron chi connectivity index (χ3n) is 4.41. The van der Waals surface area contributed by atoms with Crippen molar-refractivity contribution in [3.05, 3.63) is 96.1 Å². The van der Waals surface area contributed by atoms with Gasteiger partial charge < -0.3 is 15.7 Å². The van der Waals surface area contributed by atoms with Gasteiger partial charge in [-0.05, 0) is 61.0 Å². The number of hydrogen-bond acceptors (Lipinski definition) is 4. The molecule has 0 spiro atoms. The number of nitrogens with one attached hydrogen (secondary N) is 2. The average molecular weight is 447 g/mol. The monoisotopic (exact) mass is 446 g/mol. The van der Waals surface area contributed by atoms with Gasteiger partial charge in [-0.25, -0.2) is 4.79 Å². The van der Waals surface area contributed by atoms with Crippen LogP contribution in [-0.2, 0) is 9.59 Å². The van der Waals surface area contributed by atoms with Crippen molar-refractivity contribution in [3.8, 4) is 0 Å². The molecule has 0 radical (unpaired) electrons. The van der Waals surface area contributed by atoms with Crippen LogP contribution in [0.1, 0.15) is 22.8 Å². The van der Waals surface area contributed by atoms with Crippen LogP contribution in [0.3, 0.4) is 0 Å². The van der Waals surface area contributed by atoms with Gasteiger partial charge in [0.05, 0.1) is 10.8 Å². The van der Waals surface area contributed by atoms with Gasteiger partial charge in [0.2, 0.25) is 11.8 Å². The predicted octanol–water partition coefficient (Wildman–Crippen LogP) is 5.16. The van der Waals surface area contributed by atoms with Crippen molar-refractivity contribution in [1.82, 2.24) is 0 Å².